The van der Waals surface area contributed by atoms with E-state index in [2.05, 4.69) is 25.8 Å². The van der Waals surface area contributed by atoms with E-state index in [1.54, 1.807) is 0 Å². The maximum Gasteiger partial charge on any atom is 0.0605 e. The number of ether oxygens (including phenoxy) is 1. The second-order valence-electron chi connectivity index (χ2n) is 4.81. The van der Waals surface area contributed by atoms with Crippen LogP contribution in [-0.4, -0.2) is 37.2 Å². The number of unbranched alkanes of at least 4 members (excludes halogenated alkanes) is 2. The Morgan fingerprint density at radius 1 is 1.13 bits per heavy atom. The summed E-state index contributed by atoms with van der Waals surface area (Å²) in [5.74, 6) is 0. The van der Waals surface area contributed by atoms with Crippen LogP contribution in [0, 0.1) is 0 Å². The zero-order chi connectivity index (χ0) is 11.1. The van der Waals surface area contributed by atoms with Crippen LogP contribution in [0.1, 0.15) is 52.4 Å². The molecule has 0 aromatic rings. The Labute approximate surface area is 95.0 Å². The number of rotatable bonds is 8. The first-order valence-corrected chi connectivity index (χ1v) is 6.59. The van der Waals surface area contributed by atoms with Crippen LogP contribution >= 0.6 is 0 Å². The highest BCUT2D eigenvalue weighted by atomic mass is 16.5. The van der Waals surface area contributed by atoms with Crippen LogP contribution in [0.3, 0.4) is 0 Å². The van der Waals surface area contributed by atoms with E-state index in [1.807, 2.05) is 0 Å². The Kier molecular flexibility index (Phi) is 6.26. The summed E-state index contributed by atoms with van der Waals surface area (Å²) in [4.78, 5) is 2.48. The molecule has 0 aromatic carbocycles. The van der Waals surface area contributed by atoms with Crippen molar-refractivity contribution in [2.45, 2.75) is 64.5 Å². The fourth-order valence-corrected chi connectivity index (χ4v) is 2.17. The molecule has 0 bridgehead atoms. The van der Waals surface area contributed by atoms with E-state index >= 15 is 0 Å². The third-order valence-corrected chi connectivity index (χ3v) is 3.37. The molecule has 0 spiro atoms. The van der Waals surface area contributed by atoms with Gasteiger partial charge in [-0.3, -0.25) is 0 Å². The minimum Gasteiger partial charge on any atom is -0.378 e. The first-order chi connectivity index (χ1) is 7.27. The molecule has 90 valence electrons. The maximum absolute atomic E-state index is 5.81. The average molecular weight is 213 g/mol. The molecule has 0 aromatic heterocycles. The molecule has 1 aliphatic rings. The first-order valence-electron chi connectivity index (χ1n) is 6.59. The van der Waals surface area contributed by atoms with Crippen LogP contribution < -0.4 is 0 Å². The fraction of sp³-hybridized carbons (Fsp3) is 1.00. The molecule has 0 atom stereocenters. The molecule has 1 aliphatic carbocycles. The standard InChI is InChI=1S/C13H27NO/c1-4-6-7-9-15-13-10-12(11-13)14(3)8-5-2/h12-13H,4-11H2,1-3H3. The van der Waals surface area contributed by atoms with Crippen molar-refractivity contribution in [3.63, 3.8) is 0 Å². The third-order valence-electron chi connectivity index (χ3n) is 3.37. The first kappa shape index (κ1) is 13.0. The molecule has 0 N–H and O–H groups in total. The van der Waals surface area contributed by atoms with Gasteiger partial charge in [0.15, 0.2) is 0 Å². The molecule has 2 nitrogen and oxygen atoms in total. The van der Waals surface area contributed by atoms with Crippen molar-refractivity contribution < 1.29 is 4.74 Å². The normalized spacial score (nSPS) is 25.6. The van der Waals surface area contributed by atoms with Crippen LogP contribution in [0.5, 0.6) is 0 Å². The summed E-state index contributed by atoms with van der Waals surface area (Å²) in [5, 5.41) is 0. The molecule has 0 saturated heterocycles. The fourth-order valence-electron chi connectivity index (χ4n) is 2.17. The molecule has 1 fully saturated rings. The number of hydrogen-bond donors (Lipinski definition) is 0. The minimum atomic E-state index is 0.561. The average Bonchev–Trinajstić information content (AvgIpc) is 2.15. The van der Waals surface area contributed by atoms with Crippen molar-refractivity contribution in [1.29, 1.82) is 0 Å². The van der Waals surface area contributed by atoms with E-state index in [0.29, 0.717) is 6.10 Å². The van der Waals surface area contributed by atoms with Gasteiger partial charge in [0.2, 0.25) is 0 Å². The molecule has 0 amide bonds. The third kappa shape index (κ3) is 4.52. The molecular formula is C13H27NO. The number of hydrogen-bond acceptors (Lipinski definition) is 2. The van der Waals surface area contributed by atoms with E-state index in [9.17, 15) is 0 Å². The van der Waals surface area contributed by atoms with Crippen LogP contribution in [0.15, 0.2) is 0 Å². The summed E-state index contributed by atoms with van der Waals surface area (Å²) in [5.41, 5.74) is 0. The summed E-state index contributed by atoms with van der Waals surface area (Å²) in [6.45, 7) is 6.68. The van der Waals surface area contributed by atoms with Gasteiger partial charge in [0.25, 0.3) is 0 Å². The van der Waals surface area contributed by atoms with Crippen molar-refractivity contribution in [2.24, 2.45) is 0 Å². The van der Waals surface area contributed by atoms with Gasteiger partial charge < -0.3 is 9.64 Å². The molecule has 0 radical (unpaired) electrons. The highest BCUT2D eigenvalue weighted by molar-refractivity contribution is 4.86. The van der Waals surface area contributed by atoms with Gasteiger partial charge in [-0.25, -0.2) is 0 Å². The summed E-state index contributed by atoms with van der Waals surface area (Å²) >= 11 is 0. The Balaban J connectivity index is 1.95. The van der Waals surface area contributed by atoms with Gasteiger partial charge in [0.1, 0.15) is 0 Å². The molecular weight excluding hydrogens is 186 g/mol. The van der Waals surface area contributed by atoms with Gasteiger partial charge in [-0.2, -0.15) is 0 Å². The smallest absolute Gasteiger partial charge is 0.0605 e. The maximum atomic E-state index is 5.81. The molecule has 0 heterocycles. The summed E-state index contributed by atoms with van der Waals surface area (Å²) in [7, 11) is 2.24. The lowest BCUT2D eigenvalue weighted by molar-refractivity contribution is -0.0460. The highest BCUT2D eigenvalue weighted by Gasteiger charge is 2.31. The second kappa shape index (κ2) is 7.24. The number of nitrogens with zero attached hydrogens (tertiary/aromatic N) is 1. The van der Waals surface area contributed by atoms with Gasteiger partial charge in [0, 0.05) is 12.6 Å². The summed E-state index contributed by atoms with van der Waals surface area (Å²) < 4.78 is 5.81. The Bertz CT molecular complexity index is 155. The topological polar surface area (TPSA) is 12.5 Å². The predicted octanol–water partition coefficient (Wildman–Crippen LogP) is 3.07. The largest absolute Gasteiger partial charge is 0.378 e. The summed E-state index contributed by atoms with van der Waals surface area (Å²) in [6.07, 6.45) is 8.16. The van der Waals surface area contributed by atoms with E-state index in [0.717, 1.165) is 12.6 Å². The van der Waals surface area contributed by atoms with Gasteiger partial charge in [0.05, 0.1) is 6.10 Å². The van der Waals surface area contributed by atoms with Crippen LogP contribution in [-0.2, 0) is 4.74 Å². The SMILES string of the molecule is CCCCCOC1CC(N(C)CCC)C1. The molecule has 0 unspecified atom stereocenters. The van der Waals surface area contributed by atoms with Crippen molar-refractivity contribution >= 4 is 0 Å². The zero-order valence-electron chi connectivity index (χ0n) is 10.7. The monoisotopic (exact) mass is 213 g/mol. The van der Waals surface area contributed by atoms with E-state index < -0.39 is 0 Å². The zero-order valence-corrected chi connectivity index (χ0v) is 10.7. The lowest BCUT2D eigenvalue weighted by Crippen LogP contribution is -2.46. The quantitative estimate of drug-likeness (QED) is 0.575. The van der Waals surface area contributed by atoms with Crippen molar-refractivity contribution in [1.82, 2.24) is 4.90 Å². The van der Waals surface area contributed by atoms with Crippen LogP contribution in [0.25, 0.3) is 0 Å². The van der Waals surface area contributed by atoms with E-state index in [-0.39, 0.29) is 0 Å². The molecule has 0 aliphatic heterocycles. The highest BCUT2D eigenvalue weighted by Crippen LogP contribution is 2.27. The van der Waals surface area contributed by atoms with Crippen molar-refractivity contribution in [3.05, 3.63) is 0 Å². The molecule has 1 saturated carbocycles. The van der Waals surface area contributed by atoms with E-state index in [1.165, 1.54) is 45.1 Å². The van der Waals surface area contributed by atoms with Gasteiger partial charge in [-0.15, -0.1) is 0 Å². The minimum absolute atomic E-state index is 0.561. The van der Waals surface area contributed by atoms with E-state index in [4.69, 9.17) is 4.74 Å². The van der Waals surface area contributed by atoms with Crippen LogP contribution in [0.2, 0.25) is 0 Å². The van der Waals surface area contributed by atoms with Crippen molar-refractivity contribution in [2.75, 3.05) is 20.2 Å². The Morgan fingerprint density at radius 2 is 1.87 bits per heavy atom. The Hall–Kier alpha value is -0.0800. The van der Waals surface area contributed by atoms with Gasteiger partial charge in [-0.1, -0.05) is 26.7 Å². The van der Waals surface area contributed by atoms with Crippen molar-refractivity contribution in [3.8, 4) is 0 Å². The lowest BCUT2D eigenvalue weighted by Gasteiger charge is -2.41. The predicted molar refractivity (Wildman–Crippen MR) is 65.2 cm³/mol. The summed E-state index contributed by atoms with van der Waals surface area (Å²) in [6, 6.07) is 0.793. The Morgan fingerprint density at radius 3 is 2.47 bits per heavy atom. The molecule has 2 heteroatoms. The van der Waals surface area contributed by atoms with Gasteiger partial charge in [-0.05, 0) is 39.3 Å². The molecule has 15 heavy (non-hydrogen) atoms. The van der Waals surface area contributed by atoms with Gasteiger partial charge >= 0.3 is 0 Å². The second-order valence-corrected chi connectivity index (χ2v) is 4.81. The van der Waals surface area contributed by atoms with Crippen LogP contribution in [0.4, 0.5) is 0 Å². The molecule has 1 rings (SSSR count). The lowest BCUT2D eigenvalue weighted by atomic mass is 9.88.